The Balaban J connectivity index is 1.92. The highest BCUT2D eigenvalue weighted by Crippen LogP contribution is 2.23. The predicted octanol–water partition coefficient (Wildman–Crippen LogP) is 3.80. The maximum Gasteiger partial charge on any atom is 0.338 e. The van der Waals surface area contributed by atoms with Gasteiger partial charge in [-0.2, -0.15) is 0 Å². The summed E-state index contributed by atoms with van der Waals surface area (Å²) in [5, 5.41) is 0. The Kier molecular flexibility index (Phi) is 5.40. The molecule has 0 amide bonds. The average molecular weight is 289 g/mol. The summed E-state index contributed by atoms with van der Waals surface area (Å²) < 4.78 is 5.61. The van der Waals surface area contributed by atoms with E-state index >= 15 is 0 Å². The smallest absolute Gasteiger partial charge is 0.338 e. The molecule has 0 N–H and O–H groups in total. The molecule has 0 aliphatic carbocycles. The van der Waals surface area contributed by atoms with E-state index in [1.54, 1.807) is 0 Å². The zero-order valence-corrected chi connectivity index (χ0v) is 13.6. The Morgan fingerprint density at radius 1 is 1.33 bits per heavy atom. The van der Waals surface area contributed by atoms with Crippen LogP contribution in [0.25, 0.3) is 0 Å². The van der Waals surface area contributed by atoms with E-state index in [4.69, 9.17) is 4.74 Å². The van der Waals surface area contributed by atoms with Gasteiger partial charge in [-0.25, -0.2) is 4.79 Å². The van der Waals surface area contributed by atoms with E-state index in [0.717, 1.165) is 12.1 Å². The van der Waals surface area contributed by atoms with Gasteiger partial charge in [0.1, 0.15) is 6.10 Å². The molecule has 1 aromatic carbocycles. The summed E-state index contributed by atoms with van der Waals surface area (Å²) in [5.74, 6) is -0.219. The summed E-state index contributed by atoms with van der Waals surface area (Å²) in [6.45, 7) is 9.33. The molecular formula is C18H27NO2. The lowest BCUT2D eigenvalue weighted by atomic mass is 9.97. The first-order chi connectivity index (χ1) is 9.97. The molecule has 0 bridgehead atoms. The molecule has 1 heterocycles. The van der Waals surface area contributed by atoms with Crippen LogP contribution in [-0.2, 0) is 4.74 Å². The van der Waals surface area contributed by atoms with E-state index in [1.165, 1.54) is 19.3 Å². The lowest BCUT2D eigenvalue weighted by molar-refractivity contribution is 0.00811. The molecule has 3 atom stereocenters. The van der Waals surface area contributed by atoms with Crippen LogP contribution >= 0.6 is 0 Å². The van der Waals surface area contributed by atoms with Crippen molar-refractivity contribution in [2.45, 2.75) is 65.1 Å². The van der Waals surface area contributed by atoms with Crippen LogP contribution in [0.2, 0.25) is 0 Å². The van der Waals surface area contributed by atoms with Gasteiger partial charge in [0.2, 0.25) is 0 Å². The van der Waals surface area contributed by atoms with Gasteiger partial charge in [-0.05, 0) is 52.7 Å². The number of benzene rings is 1. The Morgan fingerprint density at radius 3 is 2.62 bits per heavy atom. The molecule has 0 saturated carbocycles. The molecule has 0 aromatic heterocycles. The van der Waals surface area contributed by atoms with Crippen molar-refractivity contribution in [1.82, 2.24) is 4.90 Å². The number of aryl methyl sites for hydroxylation is 1. The van der Waals surface area contributed by atoms with Gasteiger partial charge in [0.05, 0.1) is 5.56 Å². The molecule has 1 fully saturated rings. The normalized spacial score (nSPS) is 24.6. The first-order valence-electron chi connectivity index (χ1n) is 8.00. The van der Waals surface area contributed by atoms with Gasteiger partial charge < -0.3 is 4.74 Å². The standard InChI is InChI=1S/C18H27NO2/c1-13-7-5-10-17(11-13)18(20)21-16(4)12-19-14(2)8-6-9-15(19)3/h5,7,10-11,14-16H,6,8-9,12H2,1-4H3/t14-,15+,16-/m0/s1. The average Bonchev–Trinajstić information content (AvgIpc) is 2.43. The van der Waals surface area contributed by atoms with Crippen molar-refractivity contribution in [2.24, 2.45) is 0 Å². The maximum absolute atomic E-state index is 12.2. The van der Waals surface area contributed by atoms with Crippen molar-refractivity contribution in [3.63, 3.8) is 0 Å². The van der Waals surface area contributed by atoms with E-state index in [0.29, 0.717) is 17.6 Å². The number of esters is 1. The first kappa shape index (κ1) is 16.0. The molecule has 21 heavy (non-hydrogen) atoms. The number of piperidine rings is 1. The number of nitrogens with zero attached hydrogens (tertiary/aromatic N) is 1. The third kappa shape index (κ3) is 4.31. The van der Waals surface area contributed by atoms with Gasteiger partial charge in [-0.15, -0.1) is 0 Å². The van der Waals surface area contributed by atoms with Crippen molar-refractivity contribution in [2.75, 3.05) is 6.54 Å². The first-order valence-corrected chi connectivity index (χ1v) is 8.00. The fourth-order valence-corrected chi connectivity index (χ4v) is 3.19. The minimum absolute atomic E-state index is 0.0824. The zero-order chi connectivity index (χ0) is 15.4. The van der Waals surface area contributed by atoms with Gasteiger partial charge in [-0.1, -0.05) is 24.1 Å². The molecule has 3 heteroatoms. The van der Waals surface area contributed by atoms with E-state index in [1.807, 2.05) is 38.1 Å². The Bertz CT molecular complexity index is 476. The van der Waals surface area contributed by atoms with Crippen molar-refractivity contribution in [3.8, 4) is 0 Å². The summed E-state index contributed by atoms with van der Waals surface area (Å²) in [6.07, 6.45) is 3.70. The van der Waals surface area contributed by atoms with Gasteiger partial charge in [0, 0.05) is 18.6 Å². The maximum atomic E-state index is 12.2. The number of carbonyl (C=O) groups excluding carboxylic acids is 1. The largest absolute Gasteiger partial charge is 0.458 e. The van der Waals surface area contributed by atoms with Crippen LogP contribution in [0.1, 0.15) is 56.0 Å². The van der Waals surface area contributed by atoms with Crippen molar-refractivity contribution in [1.29, 1.82) is 0 Å². The quantitative estimate of drug-likeness (QED) is 0.790. The summed E-state index contributed by atoms with van der Waals surface area (Å²) in [4.78, 5) is 14.6. The Hall–Kier alpha value is -1.35. The highest BCUT2D eigenvalue weighted by molar-refractivity contribution is 5.89. The molecule has 0 spiro atoms. The molecule has 3 nitrogen and oxygen atoms in total. The fourth-order valence-electron chi connectivity index (χ4n) is 3.19. The van der Waals surface area contributed by atoms with E-state index in [2.05, 4.69) is 18.7 Å². The minimum atomic E-state index is -0.219. The Morgan fingerprint density at radius 2 is 2.00 bits per heavy atom. The fraction of sp³-hybridized carbons (Fsp3) is 0.611. The third-order valence-corrected chi connectivity index (χ3v) is 4.41. The van der Waals surface area contributed by atoms with Gasteiger partial charge in [-0.3, -0.25) is 4.90 Å². The van der Waals surface area contributed by atoms with Crippen molar-refractivity contribution < 1.29 is 9.53 Å². The molecule has 1 saturated heterocycles. The summed E-state index contributed by atoms with van der Waals surface area (Å²) in [7, 11) is 0. The second-order valence-corrected chi connectivity index (χ2v) is 6.41. The topological polar surface area (TPSA) is 29.5 Å². The van der Waals surface area contributed by atoms with E-state index in [-0.39, 0.29) is 12.1 Å². The number of hydrogen-bond acceptors (Lipinski definition) is 3. The number of hydrogen-bond donors (Lipinski definition) is 0. The molecule has 0 radical (unpaired) electrons. The molecule has 1 aliphatic heterocycles. The van der Waals surface area contributed by atoms with Crippen LogP contribution in [0.4, 0.5) is 0 Å². The van der Waals surface area contributed by atoms with Gasteiger partial charge >= 0.3 is 5.97 Å². The van der Waals surface area contributed by atoms with Crippen LogP contribution in [0.15, 0.2) is 24.3 Å². The van der Waals surface area contributed by atoms with Crippen LogP contribution in [0.5, 0.6) is 0 Å². The molecule has 1 aromatic rings. The van der Waals surface area contributed by atoms with Crippen molar-refractivity contribution >= 4 is 5.97 Å². The lowest BCUT2D eigenvalue weighted by Crippen LogP contribution is -2.47. The SMILES string of the molecule is Cc1cccc(C(=O)O[C@@H](C)CN2[C@H](C)CCC[C@@H]2C)c1. The zero-order valence-electron chi connectivity index (χ0n) is 13.6. The van der Waals surface area contributed by atoms with Gasteiger partial charge in [0.25, 0.3) is 0 Å². The molecule has 116 valence electrons. The van der Waals surface area contributed by atoms with Crippen LogP contribution in [0.3, 0.4) is 0 Å². The molecular weight excluding hydrogens is 262 g/mol. The summed E-state index contributed by atoms with van der Waals surface area (Å²) in [5.41, 5.74) is 1.72. The summed E-state index contributed by atoms with van der Waals surface area (Å²) in [6, 6.07) is 8.72. The Labute approximate surface area is 128 Å². The highest BCUT2D eigenvalue weighted by Gasteiger charge is 2.26. The van der Waals surface area contributed by atoms with Crippen LogP contribution in [-0.4, -0.2) is 35.6 Å². The number of carbonyl (C=O) groups is 1. The van der Waals surface area contributed by atoms with Gasteiger partial charge in [0.15, 0.2) is 0 Å². The second-order valence-electron chi connectivity index (χ2n) is 6.41. The number of ether oxygens (including phenoxy) is 1. The molecule has 2 rings (SSSR count). The third-order valence-electron chi connectivity index (χ3n) is 4.41. The van der Waals surface area contributed by atoms with E-state index < -0.39 is 0 Å². The highest BCUT2D eigenvalue weighted by atomic mass is 16.5. The second kappa shape index (κ2) is 7.08. The lowest BCUT2D eigenvalue weighted by Gasteiger charge is -2.40. The molecule has 1 aliphatic rings. The number of likely N-dealkylation sites (tertiary alicyclic amines) is 1. The minimum Gasteiger partial charge on any atom is -0.458 e. The predicted molar refractivity (Wildman–Crippen MR) is 85.5 cm³/mol. The number of rotatable bonds is 4. The monoisotopic (exact) mass is 289 g/mol. The van der Waals surface area contributed by atoms with Crippen molar-refractivity contribution in [3.05, 3.63) is 35.4 Å². The molecule has 0 unspecified atom stereocenters. The summed E-state index contributed by atoms with van der Waals surface area (Å²) >= 11 is 0. The van der Waals surface area contributed by atoms with E-state index in [9.17, 15) is 4.79 Å². The van der Waals surface area contributed by atoms with Crippen LogP contribution in [0, 0.1) is 6.92 Å². The van der Waals surface area contributed by atoms with Crippen LogP contribution < -0.4 is 0 Å².